The number of anilines is 1. The van der Waals surface area contributed by atoms with E-state index < -0.39 is 0 Å². The van der Waals surface area contributed by atoms with Gasteiger partial charge >= 0.3 is 0 Å². The van der Waals surface area contributed by atoms with E-state index in [0.717, 1.165) is 11.3 Å². The number of aryl methyl sites for hydroxylation is 1. The number of amides is 1. The van der Waals surface area contributed by atoms with Crippen LogP contribution in [0.15, 0.2) is 48.8 Å². The lowest BCUT2D eigenvalue weighted by Gasteiger charge is -2.22. The fourth-order valence-electron chi connectivity index (χ4n) is 1.85. The fourth-order valence-corrected chi connectivity index (χ4v) is 1.85. The average molecular weight is 255 g/mol. The van der Waals surface area contributed by atoms with E-state index >= 15 is 0 Å². The third-order valence-electron chi connectivity index (χ3n) is 2.85. The molecule has 0 fully saturated rings. The molecule has 0 aliphatic rings. The molecule has 98 valence electrons. The number of nitrogens with two attached hydrogens (primary N) is 1. The minimum absolute atomic E-state index is 0.0811. The standard InChI is InChI=1S/C15H17N3O/c1-12-4-6-14(7-5-12)18(10-8-16)15(19)13-3-2-9-17-11-13/h2-7,9,11H,8,10,16H2,1H3. The summed E-state index contributed by atoms with van der Waals surface area (Å²) in [5.41, 5.74) is 8.18. The number of carbonyl (C=O) groups is 1. The lowest BCUT2D eigenvalue weighted by atomic mass is 10.2. The predicted octanol–water partition coefficient (Wildman–Crippen LogP) is 2.00. The van der Waals surface area contributed by atoms with Gasteiger partial charge in [-0.3, -0.25) is 9.78 Å². The van der Waals surface area contributed by atoms with Crippen LogP contribution >= 0.6 is 0 Å². The number of hydrogen-bond donors (Lipinski definition) is 1. The molecule has 4 nitrogen and oxygen atoms in total. The van der Waals surface area contributed by atoms with Crippen LogP contribution in [0.2, 0.25) is 0 Å². The first-order valence-corrected chi connectivity index (χ1v) is 6.21. The van der Waals surface area contributed by atoms with Gasteiger partial charge in [0.25, 0.3) is 5.91 Å². The number of pyridine rings is 1. The molecule has 0 saturated heterocycles. The predicted molar refractivity (Wildman–Crippen MR) is 76.1 cm³/mol. The van der Waals surface area contributed by atoms with Gasteiger partial charge in [0, 0.05) is 31.2 Å². The number of nitrogens with zero attached hydrogens (tertiary/aromatic N) is 2. The van der Waals surface area contributed by atoms with E-state index in [9.17, 15) is 4.79 Å². The molecule has 0 bridgehead atoms. The van der Waals surface area contributed by atoms with Crippen LogP contribution in [0.1, 0.15) is 15.9 Å². The molecule has 1 heterocycles. The molecular weight excluding hydrogens is 238 g/mol. The van der Waals surface area contributed by atoms with Crippen LogP contribution in [0.4, 0.5) is 5.69 Å². The Morgan fingerprint density at radius 1 is 1.26 bits per heavy atom. The van der Waals surface area contributed by atoms with Crippen molar-refractivity contribution in [3.8, 4) is 0 Å². The zero-order chi connectivity index (χ0) is 13.7. The first-order chi connectivity index (χ1) is 9.22. The van der Waals surface area contributed by atoms with E-state index in [-0.39, 0.29) is 5.91 Å². The number of aromatic nitrogens is 1. The van der Waals surface area contributed by atoms with Crippen molar-refractivity contribution in [2.75, 3.05) is 18.0 Å². The van der Waals surface area contributed by atoms with Gasteiger partial charge in [0.15, 0.2) is 0 Å². The maximum atomic E-state index is 12.5. The Hall–Kier alpha value is -2.20. The van der Waals surface area contributed by atoms with Gasteiger partial charge in [0.2, 0.25) is 0 Å². The summed E-state index contributed by atoms with van der Waals surface area (Å²) in [7, 11) is 0. The molecule has 1 aromatic heterocycles. The van der Waals surface area contributed by atoms with Gasteiger partial charge in [-0.25, -0.2) is 0 Å². The van der Waals surface area contributed by atoms with E-state index in [4.69, 9.17) is 5.73 Å². The maximum Gasteiger partial charge on any atom is 0.259 e. The molecule has 19 heavy (non-hydrogen) atoms. The van der Waals surface area contributed by atoms with Gasteiger partial charge in [0.05, 0.1) is 5.56 Å². The van der Waals surface area contributed by atoms with Gasteiger partial charge in [-0.2, -0.15) is 0 Å². The summed E-state index contributed by atoms with van der Waals surface area (Å²) < 4.78 is 0. The third-order valence-corrected chi connectivity index (χ3v) is 2.85. The zero-order valence-corrected chi connectivity index (χ0v) is 10.9. The summed E-state index contributed by atoms with van der Waals surface area (Å²) in [6.07, 6.45) is 3.22. The number of benzene rings is 1. The smallest absolute Gasteiger partial charge is 0.259 e. The molecule has 0 atom stereocenters. The first kappa shape index (κ1) is 13.2. The molecule has 4 heteroatoms. The van der Waals surface area contributed by atoms with E-state index in [2.05, 4.69) is 4.98 Å². The highest BCUT2D eigenvalue weighted by molar-refractivity contribution is 6.05. The Bertz CT molecular complexity index is 537. The lowest BCUT2D eigenvalue weighted by Crippen LogP contribution is -2.35. The second kappa shape index (κ2) is 6.11. The van der Waals surface area contributed by atoms with Crippen molar-refractivity contribution in [3.05, 3.63) is 59.9 Å². The Morgan fingerprint density at radius 3 is 2.58 bits per heavy atom. The molecule has 0 aliphatic carbocycles. The molecule has 0 unspecified atom stereocenters. The molecule has 0 radical (unpaired) electrons. The van der Waals surface area contributed by atoms with Gasteiger partial charge in [0.1, 0.15) is 0 Å². The third kappa shape index (κ3) is 3.17. The quantitative estimate of drug-likeness (QED) is 0.909. The van der Waals surface area contributed by atoms with Crippen molar-refractivity contribution in [2.45, 2.75) is 6.92 Å². The van der Waals surface area contributed by atoms with Gasteiger partial charge in [-0.15, -0.1) is 0 Å². The minimum atomic E-state index is -0.0811. The minimum Gasteiger partial charge on any atom is -0.329 e. The van der Waals surface area contributed by atoms with Crippen LogP contribution in [0.25, 0.3) is 0 Å². The Morgan fingerprint density at radius 2 is 2.00 bits per heavy atom. The van der Waals surface area contributed by atoms with Crippen LogP contribution in [-0.4, -0.2) is 24.0 Å². The Labute approximate surface area is 112 Å². The van der Waals surface area contributed by atoms with Crippen LogP contribution < -0.4 is 10.6 Å². The normalized spacial score (nSPS) is 10.2. The first-order valence-electron chi connectivity index (χ1n) is 6.21. The number of carbonyl (C=O) groups excluding carboxylic acids is 1. The highest BCUT2D eigenvalue weighted by atomic mass is 16.2. The Balaban J connectivity index is 2.30. The molecular formula is C15H17N3O. The van der Waals surface area contributed by atoms with Crippen molar-refractivity contribution in [1.82, 2.24) is 4.98 Å². The summed E-state index contributed by atoms with van der Waals surface area (Å²) in [5.74, 6) is -0.0811. The summed E-state index contributed by atoms with van der Waals surface area (Å²) in [4.78, 5) is 18.1. The van der Waals surface area contributed by atoms with E-state index in [1.165, 1.54) is 0 Å². The second-order valence-electron chi connectivity index (χ2n) is 4.32. The topological polar surface area (TPSA) is 59.2 Å². The highest BCUT2D eigenvalue weighted by Gasteiger charge is 2.16. The highest BCUT2D eigenvalue weighted by Crippen LogP contribution is 2.17. The monoisotopic (exact) mass is 255 g/mol. The summed E-state index contributed by atoms with van der Waals surface area (Å²) in [6, 6.07) is 11.3. The van der Waals surface area contributed by atoms with Crippen molar-refractivity contribution >= 4 is 11.6 Å². The van der Waals surface area contributed by atoms with Gasteiger partial charge in [-0.1, -0.05) is 17.7 Å². The molecule has 0 spiro atoms. The second-order valence-corrected chi connectivity index (χ2v) is 4.32. The van der Waals surface area contributed by atoms with Crippen molar-refractivity contribution in [1.29, 1.82) is 0 Å². The van der Waals surface area contributed by atoms with Gasteiger partial charge < -0.3 is 10.6 Å². The van der Waals surface area contributed by atoms with Crippen molar-refractivity contribution in [2.24, 2.45) is 5.73 Å². The zero-order valence-electron chi connectivity index (χ0n) is 10.9. The molecule has 0 saturated carbocycles. The summed E-state index contributed by atoms with van der Waals surface area (Å²) >= 11 is 0. The average Bonchev–Trinajstić information content (AvgIpc) is 2.46. The molecule has 2 N–H and O–H groups in total. The SMILES string of the molecule is Cc1ccc(N(CCN)C(=O)c2cccnc2)cc1. The van der Waals surface area contributed by atoms with Crippen LogP contribution in [-0.2, 0) is 0 Å². The molecule has 2 aromatic rings. The molecule has 0 aliphatic heterocycles. The molecule has 1 amide bonds. The van der Waals surface area contributed by atoms with E-state index in [1.54, 1.807) is 29.4 Å². The molecule has 1 aromatic carbocycles. The van der Waals surface area contributed by atoms with Gasteiger partial charge in [-0.05, 0) is 31.2 Å². The fraction of sp³-hybridized carbons (Fsp3) is 0.200. The summed E-state index contributed by atoms with van der Waals surface area (Å²) in [6.45, 7) is 2.91. The largest absolute Gasteiger partial charge is 0.329 e. The van der Waals surface area contributed by atoms with Crippen molar-refractivity contribution < 1.29 is 4.79 Å². The summed E-state index contributed by atoms with van der Waals surface area (Å²) in [5, 5.41) is 0. The number of hydrogen-bond acceptors (Lipinski definition) is 3. The van der Waals surface area contributed by atoms with Crippen LogP contribution in [0.5, 0.6) is 0 Å². The lowest BCUT2D eigenvalue weighted by molar-refractivity contribution is 0.0987. The molecule has 2 rings (SSSR count). The maximum absolute atomic E-state index is 12.5. The Kier molecular flexibility index (Phi) is 4.26. The van der Waals surface area contributed by atoms with Crippen LogP contribution in [0, 0.1) is 6.92 Å². The van der Waals surface area contributed by atoms with E-state index in [0.29, 0.717) is 18.7 Å². The van der Waals surface area contributed by atoms with Crippen LogP contribution in [0.3, 0.4) is 0 Å². The number of rotatable bonds is 4. The van der Waals surface area contributed by atoms with Crippen molar-refractivity contribution in [3.63, 3.8) is 0 Å². The van der Waals surface area contributed by atoms with E-state index in [1.807, 2.05) is 31.2 Å².